The number of hydrogen-bond acceptors (Lipinski definition) is 14. The van der Waals surface area contributed by atoms with E-state index in [0.29, 0.717) is 39.0 Å². The standard InChI is InChI=1S/C40H31N3O14S/c1-58(52,53)19-18-36(40(47)55-24-26-5-3-7-33(21-26)57-31-15-11-29(12-16-31)43(50)51)41-37(44)34-17-8-27(22-35(34)38(41)45)39(46)54-23-25-4-2-6-32(20-25)56-30-13-9-28(10-14-30)42(48)49/h2-17,20-22,36H,18-19,23-24H2,1H3/t36-/m1/s1. The molecular weight excluding hydrogens is 779 g/mol. The largest absolute Gasteiger partial charge is 0.459 e. The molecule has 1 aliphatic heterocycles. The smallest absolute Gasteiger partial charge is 0.338 e. The van der Waals surface area contributed by atoms with Crippen molar-refractivity contribution in [3.8, 4) is 23.0 Å². The molecule has 296 valence electrons. The molecule has 0 aliphatic carbocycles. The zero-order valence-corrected chi connectivity index (χ0v) is 31.2. The highest BCUT2D eigenvalue weighted by Gasteiger charge is 2.44. The monoisotopic (exact) mass is 809 g/mol. The average molecular weight is 810 g/mol. The van der Waals surface area contributed by atoms with Crippen molar-refractivity contribution in [1.82, 2.24) is 4.90 Å². The first-order valence-corrected chi connectivity index (χ1v) is 19.3. The number of rotatable bonds is 16. The minimum absolute atomic E-state index is 0.0777. The molecule has 1 atom stereocenters. The van der Waals surface area contributed by atoms with E-state index in [-0.39, 0.29) is 41.3 Å². The Bertz CT molecular complexity index is 2540. The molecule has 0 radical (unpaired) electrons. The summed E-state index contributed by atoms with van der Waals surface area (Å²) in [5.41, 5.74) is 0.345. The number of hydrogen-bond donors (Lipinski definition) is 0. The van der Waals surface area contributed by atoms with E-state index in [9.17, 15) is 47.8 Å². The van der Waals surface area contributed by atoms with E-state index < -0.39 is 61.7 Å². The molecular formula is C40H31N3O14S. The number of carbonyl (C=O) groups is 4. The SMILES string of the molecule is CS(=O)(=O)CC[C@H](C(=O)OCc1cccc(Oc2ccc([N+](=O)[O-])cc2)c1)N1C(=O)c2ccc(C(=O)OCc3cccc(Oc4ccc([N+](=O)[O-])cc4)c3)cc2C1=O. The number of ether oxygens (including phenoxy) is 4. The Hall–Kier alpha value is -7.47. The third kappa shape index (κ3) is 9.84. The summed E-state index contributed by atoms with van der Waals surface area (Å²) in [7, 11) is -3.67. The number of fused-ring (bicyclic) bond motifs is 1. The number of non-ortho nitro benzene ring substituents is 2. The van der Waals surface area contributed by atoms with Crippen molar-refractivity contribution in [1.29, 1.82) is 0 Å². The van der Waals surface area contributed by atoms with Crippen LogP contribution in [0, 0.1) is 20.2 Å². The van der Waals surface area contributed by atoms with Crippen LogP contribution < -0.4 is 9.47 Å². The molecule has 5 aromatic rings. The number of nitro groups is 2. The van der Waals surface area contributed by atoms with Crippen LogP contribution in [0.15, 0.2) is 115 Å². The molecule has 58 heavy (non-hydrogen) atoms. The summed E-state index contributed by atoms with van der Waals surface area (Å²) in [5.74, 6) is -2.95. The van der Waals surface area contributed by atoms with Crippen LogP contribution in [0.3, 0.4) is 0 Å². The normalized spacial score (nSPS) is 12.7. The van der Waals surface area contributed by atoms with Gasteiger partial charge in [-0.3, -0.25) is 34.7 Å². The molecule has 0 spiro atoms. The molecule has 0 N–H and O–H groups in total. The van der Waals surface area contributed by atoms with Gasteiger partial charge in [-0.1, -0.05) is 24.3 Å². The van der Waals surface area contributed by atoms with Gasteiger partial charge in [0.1, 0.15) is 52.1 Å². The Labute approximate surface area is 329 Å². The number of imide groups is 1. The first-order valence-electron chi connectivity index (χ1n) is 17.2. The Kier molecular flexibility index (Phi) is 11.9. The second-order valence-electron chi connectivity index (χ2n) is 12.9. The van der Waals surface area contributed by atoms with Crippen LogP contribution in [0.4, 0.5) is 11.4 Å². The molecule has 0 fully saturated rings. The molecule has 1 aliphatic rings. The topological polar surface area (TPSA) is 229 Å². The van der Waals surface area contributed by atoms with Gasteiger partial charge in [0.2, 0.25) is 0 Å². The van der Waals surface area contributed by atoms with Crippen molar-refractivity contribution in [2.45, 2.75) is 25.7 Å². The molecule has 0 bridgehead atoms. The first-order chi connectivity index (χ1) is 27.6. The van der Waals surface area contributed by atoms with E-state index in [2.05, 4.69) is 0 Å². The Morgan fingerprint density at radius 3 is 1.66 bits per heavy atom. The van der Waals surface area contributed by atoms with Crippen LogP contribution in [0.25, 0.3) is 0 Å². The summed E-state index contributed by atoms with van der Waals surface area (Å²) in [4.78, 5) is 75.3. The van der Waals surface area contributed by atoms with E-state index in [1.165, 1.54) is 66.7 Å². The zero-order chi connectivity index (χ0) is 41.6. The third-order valence-electron chi connectivity index (χ3n) is 8.61. The molecule has 18 heteroatoms. The van der Waals surface area contributed by atoms with Gasteiger partial charge >= 0.3 is 11.9 Å². The number of nitrogens with zero attached hydrogens (tertiary/aromatic N) is 3. The summed E-state index contributed by atoms with van der Waals surface area (Å²) in [6, 6.07) is 25.8. The maximum absolute atomic E-state index is 13.7. The van der Waals surface area contributed by atoms with Gasteiger partial charge in [-0.15, -0.1) is 0 Å². The second-order valence-corrected chi connectivity index (χ2v) is 15.1. The summed E-state index contributed by atoms with van der Waals surface area (Å²) in [6.07, 6.45) is 0.475. The molecule has 6 rings (SSSR count). The van der Waals surface area contributed by atoms with Crippen LogP contribution in [0.1, 0.15) is 48.6 Å². The highest BCUT2D eigenvalue weighted by atomic mass is 32.2. The minimum Gasteiger partial charge on any atom is -0.459 e. The predicted octanol–water partition coefficient (Wildman–Crippen LogP) is 6.59. The molecule has 0 aromatic heterocycles. The van der Waals surface area contributed by atoms with E-state index in [4.69, 9.17) is 18.9 Å². The zero-order valence-electron chi connectivity index (χ0n) is 30.3. The van der Waals surface area contributed by atoms with Gasteiger partial charge in [0.15, 0.2) is 0 Å². The summed E-state index contributed by atoms with van der Waals surface area (Å²) in [5, 5.41) is 21.9. The fourth-order valence-electron chi connectivity index (χ4n) is 5.77. The van der Waals surface area contributed by atoms with Crippen LogP contribution in [-0.4, -0.2) is 65.0 Å². The van der Waals surface area contributed by atoms with Crippen molar-refractivity contribution in [2.75, 3.05) is 12.0 Å². The van der Waals surface area contributed by atoms with Crippen LogP contribution in [-0.2, 0) is 37.3 Å². The number of benzene rings is 5. The number of amides is 2. The van der Waals surface area contributed by atoms with Gasteiger partial charge in [0.25, 0.3) is 23.2 Å². The highest BCUT2D eigenvalue weighted by molar-refractivity contribution is 7.90. The fourth-order valence-corrected chi connectivity index (χ4v) is 6.42. The lowest BCUT2D eigenvalue weighted by molar-refractivity contribution is -0.385. The van der Waals surface area contributed by atoms with Gasteiger partial charge in [-0.05, 0) is 84.3 Å². The van der Waals surface area contributed by atoms with Crippen molar-refractivity contribution < 1.29 is 56.4 Å². The van der Waals surface area contributed by atoms with Gasteiger partial charge in [-0.25, -0.2) is 18.0 Å². The molecule has 0 unspecified atom stereocenters. The summed E-state index contributed by atoms with van der Waals surface area (Å²) < 4.78 is 46.7. The molecule has 17 nitrogen and oxygen atoms in total. The lowest BCUT2D eigenvalue weighted by Gasteiger charge is -2.24. The highest BCUT2D eigenvalue weighted by Crippen LogP contribution is 2.30. The van der Waals surface area contributed by atoms with Gasteiger partial charge in [0.05, 0.1) is 32.3 Å². The Balaban J connectivity index is 1.11. The maximum Gasteiger partial charge on any atom is 0.338 e. The van der Waals surface area contributed by atoms with E-state index in [1.54, 1.807) is 42.5 Å². The average Bonchev–Trinajstić information content (AvgIpc) is 3.44. The quantitative estimate of drug-likeness (QED) is 0.0443. The fraction of sp³-hybridized carbons (Fsp3) is 0.150. The molecule has 2 amide bonds. The van der Waals surface area contributed by atoms with Crippen molar-refractivity contribution in [3.05, 3.63) is 163 Å². The van der Waals surface area contributed by atoms with Gasteiger partial charge in [-0.2, -0.15) is 0 Å². The Morgan fingerprint density at radius 2 is 1.16 bits per heavy atom. The lowest BCUT2D eigenvalue weighted by atomic mass is 10.1. The maximum atomic E-state index is 13.7. The summed E-state index contributed by atoms with van der Waals surface area (Å²) >= 11 is 0. The number of sulfone groups is 1. The van der Waals surface area contributed by atoms with E-state index in [0.717, 1.165) is 12.3 Å². The first kappa shape index (κ1) is 40.2. The van der Waals surface area contributed by atoms with Crippen molar-refractivity contribution in [2.24, 2.45) is 0 Å². The number of carbonyl (C=O) groups excluding carboxylic acids is 4. The van der Waals surface area contributed by atoms with Crippen molar-refractivity contribution in [3.63, 3.8) is 0 Å². The third-order valence-corrected chi connectivity index (χ3v) is 9.59. The Morgan fingerprint density at radius 1 is 0.655 bits per heavy atom. The van der Waals surface area contributed by atoms with Crippen LogP contribution >= 0.6 is 0 Å². The lowest BCUT2D eigenvalue weighted by Crippen LogP contribution is -2.46. The molecule has 1 heterocycles. The minimum atomic E-state index is -3.67. The van der Waals surface area contributed by atoms with Gasteiger partial charge < -0.3 is 18.9 Å². The number of esters is 2. The van der Waals surface area contributed by atoms with Crippen molar-refractivity contribution >= 4 is 45.0 Å². The van der Waals surface area contributed by atoms with E-state index in [1.807, 2.05) is 0 Å². The second kappa shape index (κ2) is 17.1. The predicted molar refractivity (Wildman–Crippen MR) is 203 cm³/mol. The van der Waals surface area contributed by atoms with Crippen LogP contribution in [0.2, 0.25) is 0 Å². The number of nitro benzene ring substituents is 2. The summed E-state index contributed by atoms with van der Waals surface area (Å²) in [6.45, 7) is -0.561. The molecule has 5 aromatic carbocycles. The van der Waals surface area contributed by atoms with Gasteiger partial charge in [0, 0.05) is 30.5 Å². The molecule has 0 saturated heterocycles. The molecule has 0 saturated carbocycles. The van der Waals surface area contributed by atoms with Crippen LogP contribution in [0.5, 0.6) is 23.0 Å². The van der Waals surface area contributed by atoms with E-state index >= 15 is 0 Å².